The number of nitrogens with one attached hydrogen (secondary N) is 2. The van der Waals surface area contributed by atoms with Crippen molar-refractivity contribution in [2.24, 2.45) is 0 Å². The highest BCUT2D eigenvalue weighted by Crippen LogP contribution is 2.26. The first-order valence-corrected chi connectivity index (χ1v) is 7.06. The molecule has 4 amide bonds. The lowest BCUT2D eigenvalue weighted by Gasteiger charge is -2.36. The number of carbonyl (C=O) groups excluding carboxylic acids is 3. The summed E-state index contributed by atoms with van der Waals surface area (Å²) in [7, 11) is 0. The smallest absolute Gasteiger partial charge is 0.322 e. The maximum absolute atomic E-state index is 12.3. The number of hydrogen-bond acceptors (Lipinski definition) is 4. The predicted molar refractivity (Wildman–Crippen MR) is 72.6 cm³/mol. The summed E-state index contributed by atoms with van der Waals surface area (Å²) in [6.45, 7) is 2.78. The number of urea groups is 1. The van der Waals surface area contributed by atoms with Crippen molar-refractivity contribution in [1.82, 2.24) is 15.5 Å². The second-order valence-electron chi connectivity index (χ2n) is 5.40. The first-order chi connectivity index (χ1) is 10.0. The van der Waals surface area contributed by atoms with Gasteiger partial charge in [-0.2, -0.15) is 0 Å². The summed E-state index contributed by atoms with van der Waals surface area (Å²) >= 11 is 0. The van der Waals surface area contributed by atoms with E-state index in [2.05, 4.69) is 10.6 Å². The molecule has 2 fully saturated rings. The summed E-state index contributed by atoms with van der Waals surface area (Å²) in [4.78, 5) is 37.1. The number of aryl methyl sites for hydroxylation is 1. The number of likely N-dealkylation sites (tertiary alicyclic amines) is 1. The van der Waals surface area contributed by atoms with Crippen molar-refractivity contribution in [3.63, 3.8) is 0 Å². The van der Waals surface area contributed by atoms with Crippen molar-refractivity contribution in [1.29, 1.82) is 0 Å². The van der Waals surface area contributed by atoms with Crippen LogP contribution in [0.1, 0.15) is 36.1 Å². The van der Waals surface area contributed by atoms with Crippen LogP contribution in [-0.2, 0) is 11.2 Å². The van der Waals surface area contributed by atoms with Crippen molar-refractivity contribution in [3.8, 4) is 0 Å². The molecule has 0 saturated carbocycles. The number of nitrogens with zero attached hydrogens (tertiary/aromatic N) is 1. The molecule has 1 aromatic heterocycles. The van der Waals surface area contributed by atoms with Gasteiger partial charge in [-0.15, -0.1) is 0 Å². The highest BCUT2D eigenvalue weighted by atomic mass is 16.4. The van der Waals surface area contributed by atoms with Gasteiger partial charge >= 0.3 is 6.03 Å². The quantitative estimate of drug-likeness (QED) is 0.783. The summed E-state index contributed by atoms with van der Waals surface area (Å²) in [5.41, 5.74) is -0.856. The summed E-state index contributed by atoms with van der Waals surface area (Å²) < 4.78 is 5.46. The molecular formula is C14H17N3O4. The third-order valence-electron chi connectivity index (χ3n) is 4.14. The van der Waals surface area contributed by atoms with Crippen LogP contribution in [0.2, 0.25) is 0 Å². The van der Waals surface area contributed by atoms with E-state index in [4.69, 9.17) is 4.42 Å². The van der Waals surface area contributed by atoms with Gasteiger partial charge in [-0.1, -0.05) is 6.92 Å². The van der Waals surface area contributed by atoms with E-state index in [1.165, 1.54) is 0 Å². The molecule has 0 aromatic carbocycles. The van der Waals surface area contributed by atoms with E-state index in [0.717, 1.165) is 12.2 Å². The van der Waals surface area contributed by atoms with Gasteiger partial charge in [-0.05, 0) is 25.0 Å². The third-order valence-corrected chi connectivity index (χ3v) is 4.14. The standard InChI is InChI=1S/C14H17N3O4/c1-2-9-3-4-10(21-9)11(18)17-7-5-14(6-8-17)12(19)15-13(20)16-14/h3-4H,2,5-8H2,1H3,(H2,15,16,19,20). The number of hydrogen-bond donors (Lipinski definition) is 2. The lowest BCUT2D eigenvalue weighted by atomic mass is 9.87. The Hall–Kier alpha value is -2.31. The van der Waals surface area contributed by atoms with Crippen LogP contribution in [0.15, 0.2) is 16.5 Å². The number of piperidine rings is 1. The van der Waals surface area contributed by atoms with E-state index < -0.39 is 11.6 Å². The van der Waals surface area contributed by atoms with E-state index >= 15 is 0 Å². The van der Waals surface area contributed by atoms with Crippen LogP contribution in [0.5, 0.6) is 0 Å². The fraction of sp³-hybridized carbons (Fsp3) is 0.500. The van der Waals surface area contributed by atoms with Crippen LogP contribution in [-0.4, -0.2) is 41.4 Å². The first kappa shape index (κ1) is 13.7. The Morgan fingerprint density at radius 3 is 2.57 bits per heavy atom. The largest absolute Gasteiger partial charge is 0.456 e. The summed E-state index contributed by atoms with van der Waals surface area (Å²) in [5, 5.41) is 4.92. The molecule has 0 atom stereocenters. The van der Waals surface area contributed by atoms with Crippen LogP contribution in [0.4, 0.5) is 4.79 Å². The molecule has 0 unspecified atom stereocenters. The number of carbonyl (C=O) groups is 3. The average Bonchev–Trinajstić information content (AvgIpc) is 3.05. The minimum Gasteiger partial charge on any atom is -0.456 e. The maximum Gasteiger partial charge on any atom is 0.322 e. The Balaban J connectivity index is 1.67. The van der Waals surface area contributed by atoms with Gasteiger partial charge < -0.3 is 14.6 Å². The molecule has 7 heteroatoms. The topological polar surface area (TPSA) is 91.7 Å². The zero-order chi connectivity index (χ0) is 15.0. The number of rotatable bonds is 2. The Morgan fingerprint density at radius 1 is 1.33 bits per heavy atom. The maximum atomic E-state index is 12.3. The first-order valence-electron chi connectivity index (χ1n) is 7.06. The zero-order valence-electron chi connectivity index (χ0n) is 11.8. The van der Waals surface area contributed by atoms with Crippen molar-refractivity contribution in [2.75, 3.05) is 13.1 Å². The molecule has 3 heterocycles. The molecular weight excluding hydrogens is 274 g/mol. The molecule has 0 aliphatic carbocycles. The van der Waals surface area contributed by atoms with Gasteiger partial charge in [0.25, 0.3) is 11.8 Å². The summed E-state index contributed by atoms with van der Waals surface area (Å²) in [6, 6.07) is 3.01. The number of imide groups is 1. The van der Waals surface area contributed by atoms with Crippen LogP contribution in [0.25, 0.3) is 0 Å². The minimum atomic E-state index is -0.856. The molecule has 0 radical (unpaired) electrons. The fourth-order valence-electron chi connectivity index (χ4n) is 2.81. The minimum absolute atomic E-state index is 0.172. The highest BCUT2D eigenvalue weighted by molar-refractivity contribution is 6.07. The van der Waals surface area contributed by atoms with Gasteiger partial charge in [0.15, 0.2) is 5.76 Å². The monoisotopic (exact) mass is 291 g/mol. The van der Waals surface area contributed by atoms with Crippen LogP contribution in [0.3, 0.4) is 0 Å². The average molecular weight is 291 g/mol. The lowest BCUT2D eigenvalue weighted by molar-refractivity contribution is -0.125. The molecule has 3 rings (SSSR count). The SMILES string of the molecule is CCc1ccc(C(=O)N2CCC3(CC2)NC(=O)NC3=O)o1. The molecule has 2 aliphatic rings. The molecule has 21 heavy (non-hydrogen) atoms. The van der Waals surface area contributed by atoms with E-state index in [1.54, 1.807) is 17.0 Å². The molecule has 0 bridgehead atoms. The van der Waals surface area contributed by atoms with Gasteiger partial charge in [0.2, 0.25) is 0 Å². The number of amides is 4. The molecule has 112 valence electrons. The second kappa shape index (κ2) is 4.91. The number of furan rings is 1. The highest BCUT2D eigenvalue weighted by Gasteiger charge is 2.48. The van der Waals surface area contributed by atoms with Crippen molar-refractivity contribution >= 4 is 17.8 Å². The predicted octanol–water partition coefficient (Wildman–Crippen LogP) is 0.656. The van der Waals surface area contributed by atoms with Crippen LogP contribution >= 0.6 is 0 Å². The summed E-state index contributed by atoms with van der Waals surface area (Å²) in [6.07, 6.45) is 1.57. The van der Waals surface area contributed by atoms with Crippen molar-refractivity contribution in [2.45, 2.75) is 31.7 Å². The molecule has 1 aromatic rings. The van der Waals surface area contributed by atoms with E-state index in [9.17, 15) is 14.4 Å². The van der Waals surface area contributed by atoms with Crippen LogP contribution in [0, 0.1) is 0 Å². The molecule has 2 saturated heterocycles. The van der Waals surface area contributed by atoms with Gasteiger partial charge in [0.1, 0.15) is 11.3 Å². The van der Waals surface area contributed by atoms with E-state index in [1.807, 2.05) is 6.92 Å². The van der Waals surface area contributed by atoms with E-state index in [0.29, 0.717) is 31.7 Å². The zero-order valence-corrected chi connectivity index (χ0v) is 11.8. The Kier molecular flexibility index (Phi) is 3.19. The van der Waals surface area contributed by atoms with Gasteiger partial charge in [0, 0.05) is 19.5 Å². The molecule has 1 spiro atoms. The fourth-order valence-corrected chi connectivity index (χ4v) is 2.81. The Bertz CT molecular complexity index is 599. The van der Waals surface area contributed by atoms with E-state index in [-0.39, 0.29) is 11.8 Å². The lowest BCUT2D eigenvalue weighted by Crippen LogP contribution is -2.55. The molecule has 7 nitrogen and oxygen atoms in total. The van der Waals surface area contributed by atoms with Gasteiger partial charge in [-0.3, -0.25) is 14.9 Å². The Labute approximate surface area is 121 Å². The second-order valence-corrected chi connectivity index (χ2v) is 5.40. The van der Waals surface area contributed by atoms with Gasteiger partial charge in [-0.25, -0.2) is 4.79 Å². The molecule has 2 N–H and O–H groups in total. The normalized spacial score (nSPS) is 20.5. The Morgan fingerprint density at radius 2 is 2.05 bits per heavy atom. The third kappa shape index (κ3) is 2.28. The molecule has 2 aliphatic heterocycles. The van der Waals surface area contributed by atoms with Crippen molar-refractivity contribution in [3.05, 3.63) is 23.7 Å². The van der Waals surface area contributed by atoms with Crippen LogP contribution < -0.4 is 10.6 Å². The van der Waals surface area contributed by atoms with Crippen molar-refractivity contribution < 1.29 is 18.8 Å². The van der Waals surface area contributed by atoms with Gasteiger partial charge in [0.05, 0.1) is 0 Å². The summed E-state index contributed by atoms with van der Waals surface area (Å²) in [5.74, 6) is 0.622.